The number of amides is 1. The first kappa shape index (κ1) is 16.6. The lowest BCUT2D eigenvalue weighted by Gasteiger charge is -2.36. The molecule has 4 heteroatoms. The van der Waals surface area contributed by atoms with E-state index >= 15 is 0 Å². The number of rotatable bonds is 3. The number of hydrogen-bond acceptors (Lipinski definition) is 3. The molecule has 132 valence electrons. The first-order valence-electron chi connectivity index (χ1n) is 9.26. The Hall–Kier alpha value is -1.81. The number of carbonyl (C=O) groups is 1. The molecule has 1 aromatic carbocycles. The molecule has 1 aromatic heterocycles. The minimum atomic E-state index is -0.135. The van der Waals surface area contributed by atoms with E-state index in [0.717, 1.165) is 29.0 Å². The summed E-state index contributed by atoms with van der Waals surface area (Å²) < 4.78 is 0. The van der Waals surface area contributed by atoms with Crippen LogP contribution in [-0.2, 0) is 12.8 Å². The third kappa shape index (κ3) is 2.86. The molecule has 0 radical (unpaired) electrons. The van der Waals surface area contributed by atoms with Crippen LogP contribution in [0.4, 0.5) is 5.00 Å². The summed E-state index contributed by atoms with van der Waals surface area (Å²) in [4.78, 5) is 14.2. The van der Waals surface area contributed by atoms with Crippen LogP contribution in [0.15, 0.2) is 30.3 Å². The molecule has 1 aliphatic heterocycles. The third-order valence-electron chi connectivity index (χ3n) is 6.19. The van der Waals surface area contributed by atoms with Crippen molar-refractivity contribution in [3.05, 3.63) is 51.9 Å². The molecule has 2 heterocycles. The summed E-state index contributed by atoms with van der Waals surface area (Å²) in [6.45, 7) is 7.05. The van der Waals surface area contributed by atoms with Gasteiger partial charge >= 0.3 is 0 Å². The van der Waals surface area contributed by atoms with Gasteiger partial charge in [0.05, 0.1) is 5.56 Å². The molecule has 3 nitrogen and oxygen atoms in total. The lowest BCUT2D eigenvalue weighted by atomic mass is 9.69. The van der Waals surface area contributed by atoms with Crippen LogP contribution in [0, 0.1) is 11.3 Å². The monoisotopic (exact) mass is 354 g/mol. The van der Waals surface area contributed by atoms with Crippen molar-refractivity contribution in [2.24, 2.45) is 11.3 Å². The van der Waals surface area contributed by atoms with Gasteiger partial charge in [0.1, 0.15) is 11.2 Å². The Balaban J connectivity index is 1.64. The number of thiophene rings is 1. The number of carbonyl (C=O) groups excluding carboxylic acids is 1. The molecule has 2 aliphatic rings. The summed E-state index contributed by atoms with van der Waals surface area (Å²) in [7, 11) is 0. The van der Waals surface area contributed by atoms with Gasteiger partial charge in [0.2, 0.25) is 0 Å². The van der Waals surface area contributed by atoms with Gasteiger partial charge in [-0.05, 0) is 41.7 Å². The highest BCUT2D eigenvalue weighted by Gasteiger charge is 2.37. The molecule has 4 rings (SSSR count). The van der Waals surface area contributed by atoms with E-state index in [9.17, 15) is 4.79 Å². The Kier molecular flexibility index (Phi) is 4.11. The summed E-state index contributed by atoms with van der Waals surface area (Å²) in [5.74, 6) is 0.784. The zero-order valence-electron chi connectivity index (χ0n) is 15.2. The van der Waals surface area contributed by atoms with Gasteiger partial charge in [-0.2, -0.15) is 0 Å². The molecule has 0 bridgehead atoms. The second-order valence-electron chi connectivity index (χ2n) is 7.95. The molecule has 1 amide bonds. The van der Waals surface area contributed by atoms with E-state index in [-0.39, 0.29) is 12.1 Å². The van der Waals surface area contributed by atoms with Crippen LogP contribution in [0.3, 0.4) is 0 Å². The van der Waals surface area contributed by atoms with Crippen molar-refractivity contribution in [3.63, 3.8) is 0 Å². The standard InChI is InChI=1S/C21H26N2OS/c1-4-21(2,3)14-10-11-15-16(12-14)25-20-17(15)19(24)22-18(23-20)13-8-6-5-7-9-13/h5-9,14,18,23H,4,10-12H2,1-3H3,(H,22,24)/t14-,18+/m0/s1. The van der Waals surface area contributed by atoms with Crippen LogP contribution in [0.25, 0.3) is 0 Å². The van der Waals surface area contributed by atoms with Crippen molar-refractivity contribution in [2.45, 2.75) is 52.6 Å². The SMILES string of the molecule is CCC(C)(C)[C@H]1CCc2c(sc3c2C(=O)N[C@@H](c2ccccc2)N3)C1. The van der Waals surface area contributed by atoms with Crippen molar-refractivity contribution in [1.82, 2.24) is 5.32 Å². The number of hydrogen-bond donors (Lipinski definition) is 2. The topological polar surface area (TPSA) is 41.1 Å². The molecule has 0 saturated heterocycles. The fourth-order valence-electron chi connectivity index (χ4n) is 4.07. The average Bonchev–Trinajstić information content (AvgIpc) is 3.00. The highest BCUT2D eigenvalue weighted by Crippen LogP contribution is 2.46. The molecule has 0 unspecified atom stereocenters. The average molecular weight is 355 g/mol. The van der Waals surface area contributed by atoms with Crippen LogP contribution in [0.5, 0.6) is 0 Å². The molecule has 1 aliphatic carbocycles. The first-order valence-corrected chi connectivity index (χ1v) is 10.1. The highest BCUT2D eigenvalue weighted by molar-refractivity contribution is 7.16. The number of anilines is 1. The largest absolute Gasteiger partial charge is 0.353 e. The molecular weight excluding hydrogens is 328 g/mol. The van der Waals surface area contributed by atoms with Crippen molar-refractivity contribution in [1.29, 1.82) is 0 Å². The Morgan fingerprint density at radius 1 is 1.20 bits per heavy atom. The molecule has 25 heavy (non-hydrogen) atoms. The number of nitrogens with one attached hydrogen (secondary N) is 2. The van der Waals surface area contributed by atoms with E-state index in [4.69, 9.17) is 0 Å². The smallest absolute Gasteiger partial charge is 0.256 e. The molecule has 0 spiro atoms. The summed E-state index contributed by atoms with van der Waals surface area (Å²) in [6.07, 6.45) is 4.39. The highest BCUT2D eigenvalue weighted by atomic mass is 32.1. The van der Waals surface area contributed by atoms with Gasteiger partial charge in [0.25, 0.3) is 5.91 Å². The second-order valence-corrected chi connectivity index (χ2v) is 9.06. The fraction of sp³-hybridized carbons (Fsp3) is 0.476. The normalized spacial score (nSPS) is 22.6. The van der Waals surface area contributed by atoms with Crippen LogP contribution < -0.4 is 10.6 Å². The summed E-state index contributed by atoms with van der Waals surface area (Å²) in [5.41, 5.74) is 3.65. The maximum atomic E-state index is 12.8. The number of fused-ring (bicyclic) bond motifs is 3. The fourth-order valence-corrected chi connectivity index (χ4v) is 5.42. The summed E-state index contributed by atoms with van der Waals surface area (Å²) in [6, 6.07) is 10.1. The Morgan fingerprint density at radius 3 is 2.68 bits per heavy atom. The minimum Gasteiger partial charge on any atom is -0.353 e. The third-order valence-corrected chi connectivity index (χ3v) is 7.38. The van der Waals surface area contributed by atoms with Gasteiger partial charge < -0.3 is 10.6 Å². The van der Waals surface area contributed by atoms with Crippen molar-refractivity contribution >= 4 is 22.2 Å². The molecule has 2 aromatic rings. The molecular formula is C21H26N2OS. The Labute approximate surface area is 153 Å². The molecule has 0 fully saturated rings. The van der Waals surface area contributed by atoms with E-state index in [1.807, 2.05) is 18.2 Å². The van der Waals surface area contributed by atoms with E-state index in [1.54, 1.807) is 11.3 Å². The lowest BCUT2D eigenvalue weighted by Crippen LogP contribution is -2.38. The summed E-state index contributed by atoms with van der Waals surface area (Å²) >= 11 is 1.80. The number of benzene rings is 1. The van der Waals surface area contributed by atoms with Crippen molar-refractivity contribution < 1.29 is 4.79 Å². The van der Waals surface area contributed by atoms with Gasteiger partial charge in [-0.3, -0.25) is 4.79 Å². The summed E-state index contributed by atoms with van der Waals surface area (Å²) in [5, 5.41) is 7.74. The van der Waals surface area contributed by atoms with E-state index in [1.165, 1.54) is 23.3 Å². The van der Waals surface area contributed by atoms with Gasteiger partial charge in [0.15, 0.2) is 0 Å². The van der Waals surface area contributed by atoms with E-state index < -0.39 is 0 Å². The maximum Gasteiger partial charge on any atom is 0.256 e. The minimum absolute atomic E-state index is 0.0771. The molecule has 0 saturated carbocycles. The van der Waals surface area contributed by atoms with Crippen LogP contribution in [0.2, 0.25) is 0 Å². The quantitative estimate of drug-likeness (QED) is 0.801. The Morgan fingerprint density at radius 2 is 1.96 bits per heavy atom. The second kappa shape index (κ2) is 6.17. The van der Waals surface area contributed by atoms with Crippen molar-refractivity contribution in [3.8, 4) is 0 Å². The van der Waals surface area contributed by atoms with Crippen molar-refractivity contribution in [2.75, 3.05) is 5.32 Å². The zero-order valence-corrected chi connectivity index (χ0v) is 16.0. The predicted octanol–water partition coefficient (Wildman–Crippen LogP) is 5.14. The van der Waals surface area contributed by atoms with Gasteiger partial charge in [-0.15, -0.1) is 11.3 Å². The molecule has 2 atom stereocenters. The zero-order chi connectivity index (χ0) is 17.6. The molecule has 2 N–H and O–H groups in total. The van der Waals surface area contributed by atoms with E-state index in [2.05, 4.69) is 43.5 Å². The van der Waals surface area contributed by atoms with Crippen LogP contribution >= 0.6 is 11.3 Å². The maximum absolute atomic E-state index is 12.8. The van der Waals surface area contributed by atoms with Gasteiger partial charge in [-0.1, -0.05) is 57.5 Å². The Bertz CT molecular complexity index is 794. The van der Waals surface area contributed by atoms with Crippen LogP contribution in [0.1, 0.15) is 66.1 Å². The van der Waals surface area contributed by atoms with Gasteiger partial charge in [0, 0.05) is 4.88 Å². The van der Waals surface area contributed by atoms with Gasteiger partial charge in [-0.25, -0.2) is 0 Å². The van der Waals surface area contributed by atoms with E-state index in [0.29, 0.717) is 11.3 Å². The first-order chi connectivity index (χ1) is 12.0. The predicted molar refractivity (Wildman–Crippen MR) is 104 cm³/mol. The van der Waals surface area contributed by atoms with Crippen LogP contribution in [-0.4, -0.2) is 5.91 Å². The lowest BCUT2D eigenvalue weighted by molar-refractivity contribution is 0.0934.